The summed E-state index contributed by atoms with van der Waals surface area (Å²) in [4.78, 5) is 31.9. The van der Waals surface area contributed by atoms with E-state index in [1.807, 2.05) is 25.1 Å². The highest BCUT2D eigenvalue weighted by Gasteiger charge is 2.35. The van der Waals surface area contributed by atoms with Gasteiger partial charge in [-0.15, -0.1) is 0 Å². The minimum atomic E-state index is -0.815. The van der Waals surface area contributed by atoms with Gasteiger partial charge < -0.3 is 23.7 Å². The van der Waals surface area contributed by atoms with E-state index in [0.717, 1.165) is 12.0 Å². The number of thiazole rings is 1. The van der Waals surface area contributed by atoms with Crippen molar-refractivity contribution < 1.29 is 28.5 Å². The molecule has 5 rings (SSSR count). The lowest BCUT2D eigenvalue weighted by Crippen LogP contribution is -2.40. The zero-order valence-corrected chi connectivity index (χ0v) is 21.7. The molecular formula is C27H26N2O7S. The van der Waals surface area contributed by atoms with E-state index in [1.54, 1.807) is 38.3 Å². The molecule has 0 saturated heterocycles. The van der Waals surface area contributed by atoms with Gasteiger partial charge in [-0.3, -0.25) is 9.36 Å². The highest BCUT2D eigenvalue weighted by Crippen LogP contribution is 2.41. The lowest BCUT2D eigenvalue weighted by Gasteiger charge is -2.26. The smallest absolute Gasteiger partial charge is 0.338 e. The third-order valence-corrected chi connectivity index (χ3v) is 7.08. The largest absolute Gasteiger partial charge is 0.493 e. The summed E-state index contributed by atoms with van der Waals surface area (Å²) in [6, 6.07) is 10.1. The minimum absolute atomic E-state index is 0.166. The van der Waals surface area contributed by atoms with Crippen LogP contribution in [0.15, 0.2) is 57.5 Å². The Hall–Kier alpha value is -4.05. The number of para-hydroxylation sites is 1. The zero-order valence-electron chi connectivity index (χ0n) is 20.9. The summed E-state index contributed by atoms with van der Waals surface area (Å²) in [5.41, 5.74) is 1.84. The van der Waals surface area contributed by atoms with Crippen molar-refractivity contribution in [3.63, 3.8) is 0 Å². The van der Waals surface area contributed by atoms with Gasteiger partial charge in [-0.1, -0.05) is 36.5 Å². The van der Waals surface area contributed by atoms with Crippen LogP contribution in [-0.2, 0) is 9.53 Å². The molecule has 1 aromatic heterocycles. The lowest BCUT2D eigenvalue weighted by molar-refractivity contribution is -0.136. The summed E-state index contributed by atoms with van der Waals surface area (Å²) in [5.74, 6) is 1.69. The molecule has 0 bridgehead atoms. The van der Waals surface area contributed by atoms with Gasteiger partial charge in [0, 0.05) is 5.56 Å². The number of hydrogen-bond acceptors (Lipinski definition) is 9. The average molecular weight is 523 g/mol. The van der Waals surface area contributed by atoms with Crippen molar-refractivity contribution in [2.24, 2.45) is 4.99 Å². The van der Waals surface area contributed by atoms with Gasteiger partial charge in [-0.2, -0.15) is 0 Å². The first-order valence-corrected chi connectivity index (χ1v) is 12.6. The Balaban J connectivity index is 1.73. The fraction of sp³-hybridized carbons (Fsp3) is 0.296. The number of aromatic nitrogens is 1. The maximum absolute atomic E-state index is 13.9. The van der Waals surface area contributed by atoms with Gasteiger partial charge in [0.15, 0.2) is 27.8 Å². The maximum atomic E-state index is 13.9. The third-order valence-electron chi connectivity index (χ3n) is 6.10. The van der Waals surface area contributed by atoms with Crippen molar-refractivity contribution >= 4 is 23.4 Å². The molecule has 0 radical (unpaired) electrons. The molecule has 0 spiro atoms. The molecule has 0 fully saturated rings. The molecule has 2 aliphatic heterocycles. The van der Waals surface area contributed by atoms with Gasteiger partial charge in [0.25, 0.3) is 5.56 Å². The predicted octanol–water partition coefficient (Wildman–Crippen LogP) is 2.93. The Labute approximate surface area is 216 Å². The van der Waals surface area contributed by atoms with Gasteiger partial charge in [0.2, 0.25) is 6.79 Å². The van der Waals surface area contributed by atoms with E-state index < -0.39 is 12.0 Å². The van der Waals surface area contributed by atoms with E-state index in [0.29, 0.717) is 50.2 Å². The number of ether oxygens (including phenoxy) is 5. The van der Waals surface area contributed by atoms with Crippen molar-refractivity contribution in [1.29, 1.82) is 0 Å². The number of benzene rings is 2. The summed E-state index contributed by atoms with van der Waals surface area (Å²) in [6.45, 7) is 4.34. The second-order valence-corrected chi connectivity index (χ2v) is 9.42. The molecule has 2 aliphatic rings. The average Bonchev–Trinajstić information content (AvgIpc) is 3.49. The van der Waals surface area contributed by atoms with Gasteiger partial charge in [0.1, 0.15) is 6.04 Å². The molecule has 0 aliphatic carbocycles. The maximum Gasteiger partial charge on any atom is 0.338 e. The molecule has 9 nitrogen and oxygen atoms in total. The van der Waals surface area contributed by atoms with Gasteiger partial charge in [0.05, 0.1) is 36.6 Å². The first-order chi connectivity index (χ1) is 18.0. The van der Waals surface area contributed by atoms with Crippen LogP contribution in [0.4, 0.5) is 0 Å². The number of nitrogens with zero attached hydrogens (tertiary/aromatic N) is 2. The standard InChI is InChI=1S/C27H26N2O7S/c1-5-11-34-24-17(7-6-8-19(24)32-3)23-22(26(31)33-4)15(2)28-27-29(23)25(30)21(37-27)13-16-9-10-18-20(12-16)36-14-35-18/h6-10,12-13,23H,5,11,14H2,1-4H3. The quantitative estimate of drug-likeness (QED) is 0.440. The topological polar surface area (TPSA) is 97.6 Å². The molecule has 37 heavy (non-hydrogen) atoms. The Morgan fingerprint density at radius 3 is 2.78 bits per heavy atom. The lowest BCUT2D eigenvalue weighted by atomic mass is 9.94. The number of carbonyl (C=O) groups excluding carboxylic acids is 1. The van der Waals surface area contributed by atoms with E-state index in [1.165, 1.54) is 23.0 Å². The number of allylic oxidation sites excluding steroid dienone is 1. The van der Waals surface area contributed by atoms with E-state index >= 15 is 0 Å². The molecule has 0 amide bonds. The van der Waals surface area contributed by atoms with Crippen LogP contribution in [0.25, 0.3) is 6.08 Å². The second-order valence-electron chi connectivity index (χ2n) is 8.41. The highest BCUT2D eigenvalue weighted by atomic mass is 32.1. The minimum Gasteiger partial charge on any atom is -0.493 e. The van der Waals surface area contributed by atoms with Crippen LogP contribution in [0.2, 0.25) is 0 Å². The summed E-state index contributed by atoms with van der Waals surface area (Å²) in [7, 11) is 2.86. The molecule has 10 heteroatoms. The van der Waals surface area contributed by atoms with Crippen molar-refractivity contribution in [3.05, 3.63) is 78.5 Å². The Morgan fingerprint density at radius 1 is 1.22 bits per heavy atom. The summed E-state index contributed by atoms with van der Waals surface area (Å²) >= 11 is 1.25. The molecule has 2 aromatic carbocycles. The molecule has 3 heterocycles. The van der Waals surface area contributed by atoms with E-state index in [4.69, 9.17) is 23.7 Å². The Morgan fingerprint density at radius 2 is 2.03 bits per heavy atom. The number of fused-ring (bicyclic) bond motifs is 2. The van der Waals surface area contributed by atoms with Crippen LogP contribution in [0, 0.1) is 0 Å². The normalized spacial score (nSPS) is 16.3. The molecule has 192 valence electrons. The number of esters is 1. The van der Waals surface area contributed by atoms with Crippen LogP contribution in [-0.4, -0.2) is 38.2 Å². The van der Waals surface area contributed by atoms with E-state index in [9.17, 15) is 9.59 Å². The first-order valence-electron chi connectivity index (χ1n) is 11.8. The molecule has 1 atom stereocenters. The summed E-state index contributed by atoms with van der Waals surface area (Å²) < 4.78 is 29.6. The van der Waals surface area contributed by atoms with Crippen molar-refractivity contribution in [2.75, 3.05) is 27.6 Å². The Kier molecular flexibility index (Phi) is 6.75. The third kappa shape index (κ3) is 4.37. The first kappa shape index (κ1) is 24.6. The second kappa shape index (κ2) is 10.1. The number of hydrogen-bond donors (Lipinski definition) is 0. The molecule has 0 N–H and O–H groups in total. The van der Waals surface area contributed by atoms with Crippen LogP contribution in [0.5, 0.6) is 23.0 Å². The number of rotatable bonds is 7. The van der Waals surface area contributed by atoms with Crippen molar-refractivity contribution in [1.82, 2.24) is 4.57 Å². The summed E-state index contributed by atoms with van der Waals surface area (Å²) in [5, 5.41) is 0. The monoisotopic (exact) mass is 522 g/mol. The van der Waals surface area contributed by atoms with Crippen LogP contribution in [0.3, 0.4) is 0 Å². The van der Waals surface area contributed by atoms with Crippen LogP contribution < -0.4 is 33.8 Å². The molecule has 1 unspecified atom stereocenters. The summed E-state index contributed by atoms with van der Waals surface area (Å²) in [6.07, 6.45) is 2.55. The van der Waals surface area contributed by atoms with Crippen molar-refractivity contribution in [2.45, 2.75) is 26.3 Å². The molecular weight excluding hydrogens is 496 g/mol. The Bertz CT molecular complexity index is 1580. The van der Waals surface area contributed by atoms with Gasteiger partial charge in [-0.05, 0) is 43.2 Å². The molecule has 3 aromatic rings. The van der Waals surface area contributed by atoms with Crippen LogP contribution >= 0.6 is 11.3 Å². The van der Waals surface area contributed by atoms with Gasteiger partial charge >= 0.3 is 5.97 Å². The van der Waals surface area contributed by atoms with Crippen molar-refractivity contribution in [3.8, 4) is 23.0 Å². The predicted molar refractivity (Wildman–Crippen MR) is 137 cm³/mol. The number of methoxy groups -OCH3 is 2. The number of carbonyl (C=O) groups is 1. The SMILES string of the molecule is CCCOc1c(OC)cccc1C1C(C(=O)OC)=C(C)N=c2sc(=Cc3ccc4c(c3)OCO4)c(=O)n21. The van der Waals surface area contributed by atoms with E-state index in [2.05, 4.69) is 4.99 Å². The highest BCUT2D eigenvalue weighted by molar-refractivity contribution is 7.07. The molecule has 0 saturated carbocycles. The fourth-order valence-electron chi connectivity index (χ4n) is 4.41. The zero-order chi connectivity index (χ0) is 26.1. The van der Waals surface area contributed by atoms with Crippen LogP contribution in [0.1, 0.15) is 37.4 Å². The fourth-order valence-corrected chi connectivity index (χ4v) is 5.46. The van der Waals surface area contributed by atoms with E-state index in [-0.39, 0.29) is 17.9 Å². The van der Waals surface area contributed by atoms with Gasteiger partial charge in [-0.25, -0.2) is 9.79 Å².